The zero-order valence-electron chi connectivity index (χ0n) is 14.9. The van der Waals surface area contributed by atoms with E-state index >= 15 is 0 Å². The molecule has 0 N–H and O–H groups in total. The van der Waals surface area contributed by atoms with Crippen LogP contribution in [0.25, 0.3) is 10.8 Å². The maximum Gasteiger partial charge on any atom is 0.527 e. The zero-order chi connectivity index (χ0) is 19.7. The molecule has 0 aromatic heterocycles. The van der Waals surface area contributed by atoms with Gasteiger partial charge in [0.2, 0.25) is 0 Å². The molecule has 2 aromatic carbocycles. The quantitative estimate of drug-likeness (QED) is 0.535. The summed E-state index contributed by atoms with van der Waals surface area (Å²) in [5, 5.41) is 2.03. The van der Waals surface area contributed by atoms with Gasteiger partial charge < -0.3 is 4.74 Å². The maximum absolute atomic E-state index is 13.7. The van der Waals surface area contributed by atoms with Gasteiger partial charge in [-0.3, -0.25) is 0 Å². The van der Waals surface area contributed by atoms with Gasteiger partial charge in [-0.15, -0.1) is 13.2 Å². The van der Waals surface area contributed by atoms with Crippen LogP contribution in [0.15, 0.2) is 36.4 Å². The molecular weight excluding hydrogens is 367 g/mol. The van der Waals surface area contributed by atoms with E-state index in [1.165, 1.54) is 0 Å². The van der Waals surface area contributed by atoms with Crippen molar-refractivity contribution in [2.45, 2.75) is 51.0 Å². The standard InChI is InChI=1S/C20H21F5O2/c1-2-26-18-10-7-15-11-14(3-4-16(15)12-18)13-5-8-17(9-6-13)19(21,22)27-20(23,24)25/h3-4,7,10-13,17H,2,5-6,8-9H2,1H3. The minimum atomic E-state index is -5.33. The monoisotopic (exact) mass is 388 g/mol. The van der Waals surface area contributed by atoms with E-state index in [1.807, 2.05) is 43.3 Å². The summed E-state index contributed by atoms with van der Waals surface area (Å²) in [5.41, 5.74) is 1.02. The van der Waals surface area contributed by atoms with Crippen molar-refractivity contribution < 1.29 is 31.4 Å². The molecule has 0 saturated heterocycles. The average molecular weight is 388 g/mol. The van der Waals surface area contributed by atoms with E-state index in [-0.39, 0.29) is 18.8 Å². The highest BCUT2D eigenvalue weighted by Crippen LogP contribution is 2.45. The summed E-state index contributed by atoms with van der Waals surface area (Å²) < 4.78 is 72.4. The van der Waals surface area contributed by atoms with Crippen LogP contribution < -0.4 is 4.74 Å². The van der Waals surface area contributed by atoms with Crippen molar-refractivity contribution in [1.82, 2.24) is 0 Å². The molecule has 3 rings (SSSR count). The topological polar surface area (TPSA) is 18.5 Å². The second-order valence-corrected chi connectivity index (χ2v) is 6.86. The number of hydrogen-bond acceptors (Lipinski definition) is 2. The van der Waals surface area contributed by atoms with Crippen LogP contribution in [0, 0.1) is 5.92 Å². The first-order chi connectivity index (χ1) is 12.7. The molecule has 1 aliphatic rings. The van der Waals surface area contributed by atoms with E-state index in [9.17, 15) is 22.0 Å². The number of ether oxygens (including phenoxy) is 2. The smallest absolute Gasteiger partial charge is 0.494 e. The van der Waals surface area contributed by atoms with E-state index in [4.69, 9.17) is 4.74 Å². The van der Waals surface area contributed by atoms with Crippen LogP contribution in [0.3, 0.4) is 0 Å². The summed E-state index contributed by atoms with van der Waals surface area (Å²) in [7, 11) is 0. The summed E-state index contributed by atoms with van der Waals surface area (Å²) in [4.78, 5) is 0. The van der Waals surface area contributed by atoms with Gasteiger partial charge in [0, 0.05) is 0 Å². The lowest BCUT2D eigenvalue weighted by molar-refractivity contribution is -0.438. The molecule has 0 amide bonds. The van der Waals surface area contributed by atoms with Crippen molar-refractivity contribution in [2.24, 2.45) is 5.92 Å². The second-order valence-electron chi connectivity index (χ2n) is 6.86. The Kier molecular flexibility index (Phi) is 5.60. The summed E-state index contributed by atoms with van der Waals surface area (Å²) in [5.74, 6) is -0.575. The minimum absolute atomic E-state index is 0.00490. The maximum atomic E-state index is 13.7. The summed E-state index contributed by atoms with van der Waals surface area (Å²) in [6.07, 6.45) is -8.71. The van der Waals surface area contributed by atoms with Crippen LogP contribution in [-0.2, 0) is 4.74 Å². The third-order valence-corrected chi connectivity index (χ3v) is 5.07. The Labute approximate surface area is 154 Å². The predicted molar refractivity (Wildman–Crippen MR) is 91.9 cm³/mol. The molecule has 0 spiro atoms. The van der Waals surface area contributed by atoms with Gasteiger partial charge in [-0.25, -0.2) is 4.74 Å². The Hall–Kier alpha value is -1.89. The molecule has 0 aliphatic heterocycles. The lowest BCUT2D eigenvalue weighted by Gasteiger charge is -2.33. The van der Waals surface area contributed by atoms with Crippen molar-refractivity contribution in [1.29, 1.82) is 0 Å². The van der Waals surface area contributed by atoms with Gasteiger partial charge in [-0.05, 0) is 67.0 Å². The Balaban J connectivity index is 1.68. The number of alkyl halides is 5. The van der Waals surface area contributed by atoms with Crippen LogP contribution in [-0.4, -0.2) is 19.1 Å². The van der Waals surface area contributed by atoms with Crippen LogP contribution in [0.4, 0.5) is 22.0 Å². The van der Waals surface area contributed by atoms with Gasteiger partial charge in [0.05, 0.1) is 12.5 Å². The molecule has 1 aliphatic carbocycles. The highest BCUT2D eigenvalue weighted by atomic mass is 19.4. The molecule has 1 saturated carbocycles. The van der Waals surface area contributed by atoms with Crippen molar-refractivity contribution >= 4 is 10.8 Å². The van der Waals surface area contributed by atoms with Gasteiger partial charge >= 0.3 is 12.5 Å². The Morgan fingerprint density at radius 2 is 1.52 bits per heavy atom. The molecule has 0 atom stereocenters. The molecule has 2 aromatic rings. The van der Waals surface area contributed by atoms with Crippen molar-refractivity contribution in [2.75, 3.05) is 6.61 Å². The molecule has 7 heteroatoms. The highest BCUT2D eigenvalue weighted by molar-refractivity contribution is 5.84. The van der Waals surface area contributed by atoms with E-state index < -0.39 is 18.4 Å². The number of rotatable bonds is 5. The normalized spacial score (nSPS) is 21.4. The fraction of sp³-hybridized carbons (Fsp3) is 0.500. The summed E-state index contributed by atoms with van der Waals surface area (Å²) >= 11 is 0. The molecule has 2 nitrogen and oxygen atoms in total. The molecule has 27 heavy (non-hydrogen) atoms. The third kappa shape index (κ3) is 4.89. The number of halogens is 5. The number of benzene rings is 2. The number of fused-ring (bicyclic) bond motifs is 1. The third-order valence-electron chi connectivity index (χ3n) is 5.07. The Morgan fingerprint density at radius 3 is 2.15 bits per heavy atom. The molecule has 0 unspecified atom stereocenters. The first-order valence-corrected chi connectivity index (χ1v) is 8.99. The van der Waals surface area contributed by atoms with Gasteiger partial charge in [-0.1, -0.05) is 24.3 Å². The SMILES string of the molecule is CCOc1ccc2cc(C3CCC(C(F)(F)OC(F)(F)F)CC3)ccc2c1. The Morgan fingerprint density at radius 1 is 0.889 bits per heavy atom. The minimum Gasteiger partial charge on any atom is -0.494 e. The number of hydrogen-bond donors (Lipinski definition) is 0. The molecule has 148 valence electrons. The van der Waals surface area contributed by atoms with Crippen LogP contribution in [0.5, 0.6) is 5.75 Å². The van der Waals surface area contributed by atoms with Crippen LogP contribution >= 0.6 is 0 Å². The van der Waals surface area contributed by atoms with Gasteiger partial charge in [0.25, 0.3) is 0 Å². The zero-order valence-corrected chi connectivity index (χ0v) is 14.9. The molecule has 0 heterocycles. The highest BCUT2D eigenvalue weighted by Gasteiger charge is 2.50. The largest absolute Gasteiger partial charge is 0.527 e. The van der Waals surface area contributed by atoms with Crippen LogP contribution in [0.1, 0.15) is 44.1 Å². The van der Waals surface area contributed by atoms with Gasteiger partial charge in [0.1, 0.15) is 5.75 Å². The first kappa shape index (κ1) is 19.9. The fourth-order valence-corrected chi connectivity index (χ4v) is 3.75. The van der Waals surface area contributed by atoms with Crippen molar-refractivity contribution in [3.63, 3.8) is 0 Å². The van der Waals surface area contributed by atoms with E-state index in [0.29, 0.717) is 19.4 Å². The van der Waals surface area contributed by atoms with Gasteiger partial charge in [0.15, 0.2) is 0 Å². The lowest BCUT2D eigenvalue weighted by atomic mass is 9.78. The molecule has 0 bridgehead atoms. The van der Waals surface area contributed by atoms with Crippen molar-refractivity contribution in [3.05, 3.63) is 42.0 Å². The van der Waals surface area contributed by atoms with E-state index in [2.05, 4.69) is 4.74 Å². The molecule has 1 fully saturated rings. The van der Waals surface area contributed by atoms with Crippen LogP contribution in [0.2, 0.25) is 0 Å². The predicted octanol–water partition coefficient (Wildman–Crippen LogP) is 6.64. The van der Waals surface area contributed by atoms with Gasteiger partial charge in [-0.2, -0.15) is 8.78 Å². The average Bonchev–Trinajstić information content (AvgIpc) is 2.60. The molecular formula is C20H21F5O2. The van der Waals surface area contributed by atoms with E-state index in [1.54, 1.807) is 0 Å². The molecule has 0 radical (unpaired) electrons. The summed E-state index contributed by atoms with van der Waals surface area (Å²) in [6, 6.07) is 11.7. The lowest BCUT2D eigenvalue weighted by Crippen LogP contribution is -2.38. The first-order valence-electron chi connectivity index (χ1n) is 8.99. The summed E-state index contributed by atoms with van der Waals surface area (Å²) in [6.45, 7) is 2.49. The fourth-order valence-electron chi connectivity index (χ4n) is 3.75. The van der Waals surface area contributed by atoms with E-state index in [0.717, 1.165) is 22.1 Å². The second kappa shape index (κ2) is 7.62. The van der Waals surface area contributed by atoms with Crippen molar-refractivity contribution in [3.8, 4) is 5.75 Å². The Bertz CT molecular complexity index is 780.